The van der Waals surface area contributed by atoms with Gasteiger partial charge in [-0.3, -0.25) is 4.79 Å². The van der Waals surface area contributed by atoms with E-state index >= 15 is 0 Å². The molecule has 2 aromatic carbocycles. The highest BCUT2D eigenvalue weighted by Gasteiger charge is 2.26. The smallest absolute Gasteiger partial charge is 0.377 e. The Hall–Kier alpha value is -2.14. The Balaban J connectivity index is 2.25. The van der Waals surface area contributed by atoms with Gasteiger partial charge in [-0.2, -0.15) is 8.42 Å². The molecule has 0 N–H and O–H groups in total. The van der Waals surface area contributed by atoms with Crippen molar-refractivity contribution in [1.29, 1.82) is 0 Å². The molecule has 98 valence electrons. The van der Waals surface area contributed by atoms with Gasteiger partial charge in [-0.05, 0) is 31.2 Å². The highest BCUT2D eigenvalue weighted by molar-refractivity contribution is 8.02. The molecule has 2 rings (SSSR count). The second-order valence-corrected chi connectivity index (χ2v) is 5.45. The van der Waals surface area contributed by atoms with Crippen LogP contribution in [0.25, 0.3) is 0 Å². The number of aryl methyl sites for hydroxylation is 1. The maximum absolute atomic E-state index is 11.9. The fourth-order valence-electron chi connectivity index (χ4n) is 1.47. The molecule has 0 saturated heterocycles. The van der Waals surface area contributed by atoms with Crippen molar-refractivity contribution >= 4 is 15.2 Å². The van der Waals surface area contributed by atoms with Gasteiger partial charge in [0.1, 0.15) is 5.75 Å². The van der Waals surface area contributed by atoms with Gasteiger partial charge in [0.05, 0.1) is 0 Å². The average Bonchev–Trinajstić information content (AvgIpc) is 2.39. The molecule has 0 aliphatic rings. The number of benzene rings is 2. The molecular formula is C14H12O4S. The number of hydrogen-bond acceptors (Lipinski definition) is 4. The number of carbonyl (C=O) groups excluding carboxylic acids is 1. The van der Waals surface area contributed by atoms with E-state index in [-0.39, 0.29) is 11.3 Å². The van der Waals surface area contributed by atoms with Gasteiger partial charge in [-0.25, -0.2) is 0 Å². The molecule has 0 heterocycles. The van der Waals surface area contributed by atoms with E-state index in [0.29, 0.717) is 0 Å². The second-order valence-electron chi connectivity index (χ2n) is 4.00. The van der Waals surface area contributed by atoms with Gasteiger partial charge in [0.15, 0.2) is 0 Å². The Kier molecular flexibility index (Phi) is 3.66. The highest BCUT2D eigenvalue weighted by Crippen LogP contribution is 2.15. The monoisotopic (exact) mass is 276 g/mol. The van der Waals surface area contributed by atoms with Crippen molar-refractivity contribution in [3.63, 3.8) is 0 Å². The first-order valence-electron chi connectivity index (χ1n) is 5.59. The van der Waals surface area contributed by atoms with Crippen LogP contribution in [0.15, 0.2) is 54.6 Å². The molecule has 0 spiro atoms. The Morgan fingerprint density at radius 3 is 2.11 bits per heavy atom. The van der Waals surface area contributed by atoms with E-state index in [1.807, 2.05) is 6.92 Å². The van der Waals surface area contributed by atoms with Crippen LogP contribution in [0, 0.1) is 6.92 Å². The van der Waals surface area contributed by atoms with E-state index in [0.717, 1.165) is 5.56 Å². The predicted molar refractivity (Wildman–Crippen MR) is 71.5 cm³/mol. The van der Waals surface area contributed by atoms with Crippen LogP contribution in [0.3, 0.4) is 0 Å². The summed E-state index contributed by atoms with van der Waals surface area (Å²) < 4.78 is 28.4. The molecule has 0 saturated carbocycles. The molecule has 19 heavy (non-hydrogen) atoms. The maximum Gasteiger partial charge on any atom is 0.378 e. The fraction of sp³-hybridized carbons (Fsp3) is 0.0714. The van der Waals surface area contributed by atoms with Crippen LogP contribution in [-0.2, 0) is 10.1 Å². The van der Waals surface area contributed by atoms with Gasteiger partial charge >= 0.3 is 15.2 Å². The third-order valence-electron chi connectivity index (χ3n) is 2.46. The van der Waals surface area contributed by atoms with Crippen LogP contribution in [0.2, 0.25) is 0 Å². The van der Waals surface area contributed by atoms with Crippen molar-refractivity contribution in [2.75, 3.05) is 0 Å². The van der Waals surface area contributed by atoms with E-state index in [9.17, 15) is 13.2 Å². The van der Waals surface area contributed by atoms with Crippen LogP contribution in [-0.4, -0.2) is 13.5 Å². The lowest BCUT2D eigenvalue weighted by Gasteiger charge is -2.05. The first kappa shape index (κ1) is 13.3. The molecule has 0 radical (unpaired) electrons. The number of carbonyl (C=O) groups is 1. The summed E-state index contributed by atoms with van der Waals surface area (Å²) in [6, 6.07) is 14.2. The predicted octanol–water partition coefficient (Wildman–Crippen LogP) is 2.54. The molecular weight excluding hydrogens is 264 g/mol. The largest absolute Gasteiger partial charge is 0.378 e. The maximum atomic E-state index is 11.9. The Bertz CT molecular complexity index is 673. The molecule has 0 amide bonds. The quantitative estimate of drug-likeness (QED) is 0.808. The van der Waals surface area contributed by atoms with E-state index in [1.165, 1.54) is 24.3 Å². The average molecular weight is 276 g/mol. The van der Waals surface area contributed by atoms with Crippen LogP contribution in [0.1, 0.15) is 15.9 Å². The van der Waals surface area contributed by atoms with Gasteiger partial charge < -0.3 is 4.18 Å². The molecule has 0 aromatic heterocycles. The molecule has 2 aromatic rings. The zero-order valence-electron chi connectivity index (χ0n) is 10.2. The Labute approximate surface area is 111 Å². The summed E-state index contributed by atoms with van der Waals surface area (Å²) in [6.07, 6.45) is 0. The van der Waals surface area contributed by atoms with E-state index < -0.39 is 15.2 Å². The summed E-state index contributed by atoms with van der Waals surface area (Å²) >= 11 is 0. The third-order valence-corrected chi connectivity index (χ3v) is 3.57. The molecule has 0 atom stereocenters. The van der Waals surface area contributed by atoms with E-state index in [1.54, 1.807) is 30.3 Å². The lowest BCUT2D eigenvalue weighted by Crippen LogP contribution is -2.20. The van der Waals surface area contributed by atoms with Gasteiger partial charge in [-0.1, -0.05) is 35.9 Å². The SMILES string of the molecule is Cc1ccc(C(=O)S(=O)(=O)Oc2ccccc2)cc1. The zero-order chi connectivity index (χ0) is 13.9. The second kappa shape index (κ2) is 5.24. The van der Waals surface area contributed by atoms with E-state index in [2.05, 4.69) is 0 Å². The van der Waals surface area contributed by atoms with E-state index in [4.69, 9.17) is 4.18 Å². The summed E-state index contributed by atoms with van der Waals surface area (Å²) in [6.45, 7) is 1.85. The summed E-state index contributed by atoms with van der Waals surface area (Å²) in [7, 11) is -4.32. The van der Waals surface area contributed by atoms with Crippen molar-refractivity contribution in [2.24, 2.45) is 0 Å². The lowest BCUT2D eigenvalue weighted by molar-refractivity contribution is 0.106. The summed E-state index contributed by atoms with van der Waals surface area (Å²) in [5.74, 6) is 0.114. The Morgan fingerprint density at radius 2 is 1.53 bits per heavy atom. The highest BCUT2D eigenvalue weighted by atomic mass is 32.2. The third kappa shape index (κ3) is 3.20. The fourth-order valence-corrected chi connectivity index (χ4v) is 2.34. The molecule has 0 fully saturated rings. The molecule has 5 heteroatoms. The minimum atomic E-state index is -4.32. The van der Waals surface area contributed by atoms with Crippen LogP contribution >= 0.6 is 0 Å². The van der Waals surface area contributed by atoms with Crippen LogP contribution in [0.4, 0.5) is 0 Å². The molecule has 0 aliphatic carbocycles. The molecule has 0 bridgehead atoms. The first-order valence-corrected chi connectivity index (χ1v) is 7.00. The van der Waals surface area contributed by atoms with Crippen LogP contribution < -0.4 is 4.18 Å². The number of rotatable bonds is 3. The molecule has 0 unspecified atom stereocenters. The van der Waals surface area contributed by atoms with Gasteiger partial charge in [-0.15, -0.1) is 0 Å². The van der Waals surface area contributed by atoms with Crippen molar-refractivity contribution in [1.82, 2.24) is 0 Å². The standard InChI is InChI=1S/C14H12O4S/c1-11-7-9-12(10-8-11)14(15)19(16,17)18-13-5-3-2-4-6-13/h2-10H,1H3. The Morgan fingerprint density at radius 1 is 0.947 bits per heavy atom. The normalized spacial score (nSPS) is 11.0. The zero-order valence-corrected chi connectivity index (χ0v) is 11.1. The number of para-hydroxylation sites is 1. The molecule has 0 aliphatic heterocycles. The summed E-state index contributed by atoms with van der Waals surface area (Å²) in [4.78, 5) is 11.9. The topological polar surface area (TPSA) is 60.4 Å². The van der Waals surface area contributed by atoms with Gasteiger partial charge in [0, 0.05) is 5.56 Å². The molecule has 4 nitrogen and oxygen atoms in total. The number of hydrogen-bond donors (Lipinski definition) is 0. The van der Waals surface area contributed by atoms with Crippen molar-refractivity contribution < 1.29 is 17.4 Å². The minimum Gasteiger partial charge on any atom is -0.377 e. The van der Waals surface area contributed by atoms with Gasteiger partial charge in [0.25, 0.3) is 0 Å². The lowest BCUT2D eigenvalue weighted by atomic mass is 10.2. The summed E-state index contributed by atoms with van der Waals surface area (Å²) in [5.41, 5.74) is 1.03. The van der Waals surface area contributed by atoms with Crippen molar-refractivity contribution in [3.8, 4) is 5.75 Å². The van der Waals surface area contributed by atoms with Crippen molar-refractivity contribution in [2.45, 2.75) is 6.92 Å². The van der Waals surface area contributed by atoms with Crippen molar-refractivity contribution in [3.05, 3.63) is 65.7 Å². The first-order chi connectivity index (χ1) is 8.99. The van der Waals surface area contributed by atoms with Crippen LogP contribution in [0.5, 0.6) is 5.75 Å². The summed E-state index contributed by atoms with van der Waals surface area (Å²) in [5, 5.41) is -1.05. The van der Waals surface area contributed by atoms with Gasteiger partial charge in [0.2, 0.25) is 0 Å². The minimum absolute atomic E-state index is 0.0848.